The van der Waals surface area contributed by atoms with Gasteiger partial charge in [-0.3, -0.25) is 0 Å². The van der Waals surface area contributed by atoms with Crippen molar-refractivity contribution in [2.24, 2.45) is 0 Å². The maximum Gasteiger partial charge on any atom is 0.162 e. The van der Waals surface area contributed by atoms with E-state index in [1.807, 2.05) is 5.48 Å². The van der Waals surface area contributed by atoms with E-state index in [-0.39, 0.29) is 12.3 Å². The number of hydrogen-bond donors (Lipinski definition) is 3. The molecule has 0 radical (unpaired) electrons. The molecule has 0 aliphatic rings. The van der Waals surface area contributed by atoms with E-state index in [4.69, 9.17) is 9.94 Å². The zero-order chi connectivity index (χ0) is 9.84. The molecule has 4 nitrogen and oxygen atoms in total. The normalized spacial score (nSPS) is 10.1. The summed E-state index contributed by atoms with van der Waals surface area (Å²) in [4.78, 5) is 0. The number of hydroxylamine groups is 1. The van der Waals surface area contributed by atoms with E-state index in [0.717, 1.165) is 4.47 Å². The van der Waals surface area contributed by atoms with E-state index in [9.17, 15) is 5.11 Å². The van der Waals surface area contributed by atoms with Crippen LogP contribution in [0.25, 0.3) is 0 Å². The lowest BCUT2D eigenvalue weighted by atomic mass is 10.2. The summed E-state index contributed by atoms with van der Waals surface area (Å²) in [6, 6.07) is 3.34. The van der Waals surface area contributed by atoms with Crippen LogP contribution in [0.15, 0.2) is 16.6 Å². The number of phenols is 1. The molecule has 1 rings (SSSR count). The largest absolute Gasteiger partial charge is 0.504 e. The first-order valence-corrected chi connectivity index (χ1v) is 4.40. The van der Waals surface area contributed by atoms with Gasteiger partial charge in [0, 0.05) is 16.6 Å². The Balaban J connectivity index is 3.11. The first kappa shape index (κ1) is 10.3. The fourth-order valence-electron chi connectivity index (χ4n) is 1.00. The highest BCUT2D eigenvalue weighted by atomic mass is 79.9. The minimum Gasteiger partial charge on any atom is -0.504 e. The molecule has 1 aromatic carbocycles. The molecule has 5 heteroatoms. The molecule has 0 bridgehead atoms. The molecule has 0 saturated heterocycles. The molecule has 0 atom stereocenters. The van der Waals surface area contributed by atoms with E-state index < -0.39 is 0 Å². The number of methoxy groups -OCH3 is 1. The van der Waals surface area contributed by atoms with E-state index in [2.05, 4.69) is 15.9 Å². The number of benzene rings is 1. The Morgan fingerprint density at radius 1 is 1.54 bits per heavy atom. The van der Waals surface area contributed by atoms with Gasteiger partial charge >= 0.3 is 0 Å². The van der Waals surface area contributed by atoms with E-state index in [0.29, 0.717) is 11.3 Å². The lowest BCUT2D eigenvalue weighted by Crippen LogP contribution is -2.06. The van der Waals surface area contributed by atoms with Gasteiger partial charge in [-0.05, 0) is 12.1 Å². The number of halogens is 1. The van der Waals surface area contributed by atoms with Crippen LogP contribution in [-0.2, 0) is 6.54 Å². The smallest absolute Gasteiger partial charge is 0.162 e. The van der Waals surface area contributed by atoms with Crippen molar-refractivity contribution in [3.63, 3.8) is 0 Å². The summed E-state index contributed by atoms with van der Waals surface area (Å²) >= 11 is 3.26. The summed E-state index contributed by atoms with van der Waals surface area (Å²) in [5, 5.41) is 18.0. The van der Waals surface area contributed by atoms with Gasteiger partial charge in [-0.15, -0.1) is 0 Å². The Kier molecular flexibility index (Phi) is 3.53. The Hall–Kier alpha value is -0.780. The second-order valence-electron chi connectivity index (χ2n) is 2.45. The number of rotatable bonds is 3. The summed E-state index contributed by atoms with van der Waals surface area (Å²) in [5.41, 5.74) is 2.53. The summed E-state index contributed by atoms with van der Waals surface area (Å²) in [6.07, 6.45) is 0. The van der Waals surface area contributed by atoms with Crippen LogP contribution >= 0.6 is 15.9 Å². The Labute approximate surface area is 84.2 Å². The van der Waals surface area contributed by atoms with Crippen LogP contribution in [-0.4, -0.2) is 17.4 Å². The molecule has 1 aromatic rings. The van der Waals surface area contributed by atoms with Crippen molar-refractivity contribution in [1.29, 1.82) is 0 Å². The molecule has 0 unspecified atom stereocenters. The molecular formula is C8H10BrNO3. The van der Waals surface area contributed by atoms with Crippen molar-refractivity contribution >= 4 is 15.9 Å². The number of aromatic hydroxyl groups is 1. The van der Waals surface area contributed by atoms with Crippen LogP contribution < -0.4 is 10.2 Å². The quantitative estimate of drug-likeness (QED) is 0.711. The van der Waals surface area contributed by atoms with Gasteiger partial charge in [0.25, 0.3) is 0 Å². The lowest BCUT2D eigenvalue weighted by molar-refractivity contribution is 0.160. The summed E-state index contributed by atoms with van der Waals surface area (Å²) in [7, 11) is 1.47. The third-order valence-electron chi connectivity index (χ3n) is 1.61. The number of hydrogen-bond acceptors (Lipinski definition) is 4. The molecule has 0 aromatic heterocycles. The van der Waals surface area contributed by atoms with Crippen molar-refractivity contribution in [1.82, 2.24) is 5.48 Å². The standard InChI is InChI=1S/C8H10BrNO3/c1-13-7-3-6(9)2-5(4-10-12)8(7)11/h2-3,10-12H,4H2,1H3. The van der Waals surface area contributed by atoms with Gasteiger partial charge in [-0.25, -0.2) is 5.48 Å². The van der Waals surface area contributed by atoms with Gasteiger partial charge in [0.15, 0.2) is 11.5 Å². The second kappa shape index (κ2) is 4.45. The first-order chi connectivity index (χ1) is 6.19. The molecule has 0 amide bonds. The second-order valence-corrected chi connectivity index (χ2v) is 3.37. The fraction of sp³-hybridized carbons (Fsp3) is 0.250. The van der Waals surface area contributed by atoms with Crippen LogP contribution in [0, 0.1) is 0 Å². The van der Waals surface area contributed by atoms with Gasteiger partial charge in [0.2, 0.25) is 0 Å². The summed E-state index contributed by atoms with van der Waals surface area (Å²) in [6.45, 7) is 0.168. The Bertz CT molecular complexity index is 304. The molecular weight excluding hydrogens is 238 g/mol. The molecule has 0 heterocycles. The average molecular weight is 248 g/mol. The van der Waals surface area contributed by atoms with Crippen molar-refractivity contribution in [2.45, 2.75) is 6.54 Å². The lowest BCUT2D eigenvalue weighted by Gasteiger charge is -2.08. The molecule has 0 aliphatic carbocycles. The zero-order valence-corrected chi connectivity index (χ0v) is 8.63. The van der Waals surface area contributed by atoms with Gasteiger partial charge in [-0.2, -0.15) is 0 Å². The number of nitrogens with one attached hydrogen (secondary N) is 1. The first-order valence-electron chi connectivity index (χ1n) is 3.61. The maximum atomic E-state index is 9.55. The predicted molar refractivity (Wildman–Crippen MR) is 51.0 cm³/mol. The monoisotopic (exact) mass is 247 g/mol. The highest BCUT2D eigenvalue weighted by Gasteiger charge is 2.08. The van der Waals surface area contributed by atoms with Crippen LogP contribution in [0.1, 0.15) is 5.56 Å². The van der Waals surface area contributed by atoms with Crippen molar-refractivity contribution in [3.05, 3.63) is 22.2 Å². The number of phenolic OH excluding ortho intramolecular Hbond substituents is 1. The highest BCUT2D eigenvalue weighted by Crippen LogP contribution is 2.33. The highest BCUT2D eigenvalue weighted by molar-refractivity contribution is 9.10. The summed E-state index contributed by atoms with van der Waals surface area (Å²) in [5.74, 6) is 0.409. The third kappa shape index (κ3) is 2.33. The van der Waals surface area contributed by atoms with Crippen LogP contribution in [0.3, 0.4) is 0 Å². The SMILES string of the molecule is COc1cc(Br)cc(CNO)c1O. The minimum absolute atomic E-state index is 0.0345. The van der Waals surface area contributed by atoms with Crippen molar-refractivity contribution < 1.29 is 15.1 Å². The topological polar surface area (TPSA) is 61.7 Å². The van der Waals surface area contributed by atoms with Crippen LogP contribution in [0.2, 0.25) is 0 Å². The third-order valence-corrected chi connectivity index (χ3v) is 2.07. The van der Waals surface area contributed by atoms with E-state index in [1.165, 1.54) is 7.11 Å². The maximum absolute atomic E-state index is 9.55. The molecule has 72 valence electrons. The van der Waals surface area contributed by atoms with Crippen LogP contribution in [0.4, 0.5) is 0 Å². The summed E-state index contributed by atoms with van der Waals surface area (Å²) < 4.78 is 5.71. The molecule has 13 heavy (non-hydrogen) atoms. The van der Waals surface area contributed by atoms with Crippen LogP contribution in [0.5, 0.6) is 11.5 Å². The Morgan fingerprint density at radius 3 is 2.77 bits per heavy atom. The molecule has 3 N–H and O–H groups in total. The van der Waals surface area contributed by atoms with Gasteiger partial charge in [-0.1, -0.05) is 15.9 Å². The zero-order valence-electron chi connectivity index (χ0n) is 7.04. The predicted octanol–water partition coefficient (Wildman–Crippen LogP) is 1.64. The van der Waals surface area contributed by atoms with Gasteiger partial charge < -0.3 is 15.1 Å². The van der Waals surface area contributed by atoms with Crippen molar-refractivity contribution in [2.75, 3.05) is 7.11 Å². The molecule has 0 fully saturated rings. The van der Waals surface area contributed by atoms with Gasteiger partial charge in [0.05, 0.1) is 7.11 Å². The average Bonchev–Trinajstić information content (AvgIpc) is 2.11. The fourth-order valence-corrected chi connectivity index (χ4v) is 1.49. The van der Waals surface area contributed by atoms with E-state index in [1.54, 1.807) is 12.1 Å². The molecule has 0 spiro atoms. The molecule has 0 saturated carbocycles. The van der Waals surface area contributed by atoms with E-state index >= 15 is 0 Å². The molecule has 0 aliphatic heterocycles. The number of ether oxygens (including phenoxy) is 1. The van der Waals surface area contributed by atoms with Crippen molar-refractivity contribution in [3.8, 4) is 11.5 Å². The Morgan fingerprint density at radius 2 is 2.23 bits per heavy atom. The minimum atomic E-state index is 0.0345. The van der Waals surface area contributed by atoms with Gasteiger partial charge in [0.1, 0.15) is 0 Å².